The summed E-state index contributed by atoms with van der Waals surface area (Å²) in [5, 5.41) is 12.1. The summed E-state index contributed by atoms with van der Waals surface area (Å²) in [5.41, 5.74) is 1.81. The second-order valence-electron chi connectivity index (χ2n) is 4.14. The molecule has 0 amide bonds. The zero-order valence-corrected chi connectivity index (χ0v) is 10.0. The van der Waals surface area contributed by atoms with Crippen molar-refractivity contribution in [1.29, 1.82) is 5.26 Å². The van der Waals surface area contributed by atoms with Gasteiger partial charge in [0.15, 0.2) is 0 Å². The van der Waals surface area contributed by atoms with Crippen LogP contribution >= 0.6 is 0 Å². The van der Waals surface area contributed by atoms with Gasteiger partial charge in [-0.25, -0.2) is 0 Å². The summed E-state index contributed by atoms with van der Waals surface area (Å²) in [6.45, 7) is 3.24. The molecule has 0 aliphatic carbocycles. The predicted molar refractivity (Wildman–Crippen MR) is 67.0 cm³/mol. The zero-order chi connectivity index (χ0) is 12.1. The van der Waals surface area contributed by atoms with Crippen LogP contribution in [0.15, 0.2) is 24.3 Å². The Kier molecular flexibility index (Phi) is 3.97. The van der Waals surface area contributed by atoms with Crippen LogP contribution in [-0.4, -0.2) is 39.4 Å². The van der Waals surface area contributed by atoms with E-state index < -0.39 is 0 Å². The molecule has 0 spiro atoms. The first-order valence-electron chi connectivity index (χ1n) is 5.84. The van der Waals surface area contributed by atoms with Crippen molar-refractivity contribution in [3.05, 3.63) is 29.8 Å². The summed E-state index contributed by atoms with van der Waals surface area (Å²) in [6, 6.07) is 10.3. The molecule has 17 heavy (non-hydrogen) atoms. The van der Waals surface area contributed by atoms with Crippen LogP contribution in [0.1, 0.15) is 5.56 Å². The molecule has 90 valence electrons. The maximum absolute atomic E-state index is 8.92. The zero-order valence-electron chi connectivity index (χ0n) is 10.0. The molecule has 1 unspecified atom stereocenters. The molecule has 1 aliphatic heterocycles. The second kappa shape index (κ2) is 5.67. The third kappa shape index (κ3) is 2.76. The second-order valence-corrected chi connectivity index (χ2v) is 4.14. The Labute approximate surface area is 102 Å². The predicted octanol–water partition coefficient (Wildman–Crippen LogP) is 0.983. The molecule has 0 bridgehead atoms. The van der Waals surface area contributed by atoms with Crippen LogP contribution in [0.2, 0.25) is 0 Å². The number of hydrogen-bond donors (Lipinski definition) is 1. The molecule has 1 fully saturated rings. The third-order valence-electron chi connectivity index (χ3n) is 2.97. The summed E-state index contributed by atoms with van der Waals surface area (Å²) in [4.78, 5) is 2.31. The molecule has 4 heteroatoms. The largest absolute Gasteiger partial charge is 0.377 e. The molecule has 1 saturated heterocycles. The normalized spacial score (nSPS) is 20.0. The van der Waals surface area contributed by atoms with Crippen LogP contribution in [0.4, 0.5) is 5.69 Å². The van der Waals surface area contributed by atoms with Gasteiger partial charge in [-0.15, -0.1) is 0 Å². The van der Waals surface area contributed by atoms with Crippen molar-refractivity contribution < 1.29 is 4.74 Å². The molecule has 4 nitrogen and oxygen atoms in total. The van der Waals surface area contributed by atoms with E-state index in [2.05, 4.69) is 22.4 Å². The van der Waals surface area contributed by atoms with Crippen LogP contribution < -0.4 is 10.2 Å². The average Bonchev–Trinajstić information content (AvgIpc) is 2.40. The highest BCUT2D eigenvalue weighted by atomic mass is 16.5. The standard InChI is InChI=1S/C13H17N3O/c1-15-9-13-10-17-6-5-16(13)12-4-2-3-11(7-12)8-14/h2-4,7,13,15H,5-6,9-10H2,1H3. The highest BCUT2D eigenvalue weighted by Gasteiger charge is 2.22. The van der Waals surface area contributed by atoms with Crippen molar-refractivity contribution in [3.8, 4) is 6.07 Å². The van der Waals surface area contributed by atoms with Crippen molar-refractivity contribution in [1.82, 2.24) is 5.32 Å². The van der Waals surface area contributed by atoms with E-state index in [0.717, 1.165) is 32.0 Å². The van der Waals surface area contributed by atoms with E-state index in [1.807, 2.05) is 25.2 Å². The van der Waals surface area contributed by atoms with E-state index in [-0.39, 0.29) is 0 Å². The number of nitriles is 1. The molecule has 1 aromatic carbocycles. The molecule has 0 saturated carbocycles. The highest BCUT2D eigenvalue weighted by Crippen LogP contribution is 2.20. The quantitative estimate of drug-likeness (QED) is 0.842. The molecule has 1 heterocycles. The molecule has 0 aromatic heterocycles. The van der Waals surface area contributed by atoms with Gasteiger partial charge in [0.05, 0.1) is 30.9 Å². The van der Waals surface area contributed by atoms with Gasteiger partial charge >= 0.3 is 0 Å². The van der Waals surface area contributed by atoms with Crippen molar-refractivity contribution >= 4 is 5.69 Å². The smallest absolute Gasteiger partial charge is 0.0992 e. The van der Waals surface area contributed by atoms with Gasteiger partial charge in [-0.05, 0) is 25.2 Å². The SMILES string of the molecule is CNCC1COCCN1c1cccc(C#N)c1. The van der Waals surface area contributed by atoms with Crippen LogP contribution in [0.3, 0.4) is 0 Å². The fourth-order valence-corrected chi connectivity index (χ4v) is 2.15. The summed E-state index contributed by atoms with van der Waals surface area (Å²) in [5.74, 6) is 0. The Morgan fingerprint density at radius 1 is 1.59 bits per heavy atom. The Bertz CT molecular complexity index is 411. The van der Waals surface area contributed by atoms with Gasteiger partial charge in [-0.3, -0.25) is 0 Å². The molecule has 1 aliphatic rings. The minimum Gasteiger partial charge on any atom is -0.377 e. The average molecular weight is 231 g/mol. The number of nitrogens with one attached hydrogen (secondary N) is 1. The Balaban J connectivity index is 2.20. The van der Waals surface area contributed by atoms with Crippen LogP contribution in [0.5, 0.6) is 0 Å². The Morgan fingerprint density at radius 2 is 2.47 bits per heavy atom. The third-order valence-corrected chi connectivity index (χ3v) is 2.97. The Hall–Kier alpha value is -1.57. The summed E-state index contributed by atoms with van der Waals surface area (Å²) in [6.07, 6.45) is 0. The van der Waals surface area contributed by atoms with E-state index in [0.29, 0.717) is 11.6 Å². The number of nitrogens with zero attached hydrogens (tertiary/aromatic N) is 2. The lowest BCUT2D eigenvalue weighted by molar-refractivity contribution is 0.0943. The van der Waals surface area contributed by atoms with Gasteiger partial charge in [0.2, 0.25) is 0 Å². The van der Waals surface area contributed by atoms with Gasteiger partial charge in [0.1, 0.15) is 0 Å². The highest BCUT2D eigenvalue weighted by molar-refractivity contribution is 5.52. The maximum Gasteiger partial charge on any atom is 0.0992 e. The fraction of sp³-hybridized carbons (Fsp3) is 0.462. The molecular formula is C13H17N3O. The lowest BCUT2D eigenvalue weighted by atomic mass is 10.1. The molecule has 1 N–H and O–H groups in total. The molecule has 2 rings (SSSR count). The number of morpholine rings is 1. The first kappa shape index (κ1) is 11.9. The minimum atomic E-state index is 0.336. The molecule has 0 radical (unpaired) electrons. The molecule has 1 aromatic rings. The number of rotatable bonds is 3. The monoisotopic (exact) mass is 231 g/mol. The number of hydrogen-bond acceptors (Lipinski definition) is 4. The van der Waals surface area contributed by atoms with E-state index >= 15 is 0 Å². The molecule has 1 atom stereocenters. The number of likely N-dealkylation sites (N-methyl/N-ethyl adjacent to an activating group) is 1. The first-order chi connectivity index (χ1) is 8.35. The number of ether oxygens (including phenoxy) is 1. The molecular weight excluding hydrogens is 214 g/mol. The minimum absolute atomic E-state index is 0.336. The van der Waals surface area contributed by atoms with Crippen molar-refractivity contribution in [3.63, 3.8) is 0 Å². The van der Waals surface area contributed by atoms with Crippen LogP contribution in [0, 0.1) is 11.3 Å². The van der Waals surface area contributed by atoms with Crippen molar-refractivity contribution in [2.75, 3.05) is 38.3 Å². The van der Waals surface area contributed by atoms with Gasteiger partial charge in [0, 0.05) is 18.8 Å². The maximum atomic E-state index is 8.92. The summed E-state index contributed by atoms with van der Waals surface area (Å²) in [7, 11) is 1.94. The summed E-state index contributed by atoms with van der Waals surface area (Å²) >= 11 is 0. The van der Waals surface area contributed by atoms with Gasteiger partial charge in [-0.1, -0.05) is 6.07 Å². The lowest BCUT2D eigenvalue weighted by Gasteiger charge is -2.37. The first-order valence-corrected chi connectivity index (χ1v) is 5.84. The van der Waals surface area contributed by atoms with E-state index in [1.54, 1.807) is 0 Å². The fourth-order valence-electron chi connectivity index (χ4n) is 2.15. The van der Waals surface area contributed by atoms with Gasteiger partial charge in [-0.2, -0.15) is 5.26 Å². The lowest BCUT2D eigenvalue weighted by Crippen LogP contribution is -2.50. The van der Waals surface area contributed by atoms with E-state index in [9.17, 15) is 0 Å². The topological polar surface area (TPSA) is 48.3 Å². The van der Waals surface area contributed by atoms with Crippen LogP contribution in [-0.2, 0) is 4.74 Å². The van der Waals surface area contributed by atoms with E-state index in [4.69, 9.17) is 10.00 Å². The number of anilines is 1. The number of benzene rings is 1. The summed E-state index contributed by atoms with van der Waals surface area (Å²) < 4.78 is 5.50. The van der Waals surface area contributed by atoms with E-state index in [1.165, 1.54) is 0 Å². The van der Waals surface area contributed by atoms with Crippen molar-refractivity contribution in [2.24, 2.45) is 0 Å². The van der Waals surface area contributed by atoms with Crippen molar-refractivity contribution in [2.45, 2.75) is 6.04 Å². The van der Waals surface area contributed by atoms with Crippen LogP contribution in [0.25, 0.3) is 0 Å². The van der Waals surface area contributed by atoms with Gasteiger partial charge in [0.25, 0.3) is 0 Å². The Morgan fingerprint density at radius 3 is 3.24 bits per heavy atom. The van der Waals surface area contributed by atoms with Gasteiger partial charge < -0.3 is 15.0 Å².